The van der Waals surface area contributed by atoms with Gasteiger partial charge >= 0.3 is 0 Å². The molecule has 0 saturated carbocycles. The zero-order valence-corrected chi connectivity index (χ0v) is 22.0. The smallest absolute Gasteiger partial charge is 0.215 e. The van der Waals surface area contributed by atoms with Gasteiger partial charge in [-0.1, -0.05) is 65.7 Å². The zero-order chi connectivity index (χ0) is 25.2. The highest BCUT2D eigenvalue weighted by atomic mass is 35.5. The summed E-state index contributed by atoms with van der Waals surface area (Å²) in [5, 5.41) is 2.06. The molecule has 0 amide bonds. The molecular formula is C28H23Cl2N3O3S. The number of hydrogen-bond donors (Lipinski definition) is 0. The molecule has 2 aromatic heterocycles. The van der Waals surface area contributed by atoms with E-state index in [1.165, 1.54) is 4.70 Å². The lowest BCUT2D eigenvalue weighted by Crippen LogP contribution is -2.34. The fourth-order valence-corrected chi connectivity index (χ4v) is 5.95. The number of imidazole rings is 1. The van der Waals surface area contributed by atoms with Gasteiger partial charge in [-0.25, -0.2) is 9.97 Å². The van der Waals surface area contributed by atoms with Crippen molar-refractivity contribution in [3.05, 3.63) is 107 Å². The van der Waals surface area contributed by atoms with Crippen LogP contribution in [-0.4, -0.2) is 33.9 Å². The first-order chi connectivity index (χ1) is 18.1. The molecular weight excluding hydrogens is 529 g/mol. The standard InChI is InChI=1S/C28H23Cl2N3O3S/c29-21-9-10-23(24(30)13-21)28(17-33-12-11-31-18-33)35-16-22(36-28)15-34-14-19-5-7-20(8-6-19)27-32-25-3-1-2-4-26(25)37-27/h1-13,18,22H,14-17H2/t22-,28-/m1/s1. The summed E-state index contributed by atoms with van der Waals surface area (Å²) in [6, 6.07) is 21.8. The van der Waals surface area contributed by atoms with Gasteiger partial charge in [-0.05, 0) is 29.8 Å². The minimum absolute atomic E-state index is 0.253. The molecule has 2 atom stereocenters. The highest BCUT2D eigenvalue weighted by Crippen LogP contribution is 2.40. The number of fused-ring (bicyclic) bond motifs is 1. The van der Waals surface area contributed by atoms with Crippen molar-refractivity contribution in [2.24, 2.45) is 0 Å². The van der Waals surface area contributed by atoms with E-state index in [-0.39, 0.29) is 6.10 Å². The summed E-state index contributed by atoms with van der Waals surface area (Å²) in [5.74, 6) is -1.06. The van der Waals surface area contributed by atoms with Crippen LogP contribution in [0, 0.1) is 0 Å². The van der Waals surface area contributed by atoms with Crippen LogP contribution >= 0.6 is 34.5 Å². The van der Waals surface area contributed by atoms with E-state index < -0.39 is 5.79 Å². The van der Waals surface area contributed by atoms with Crippen LogP contribution in [0.2, 0.25) is 10.0 Å². The first-order valence-electron chi connectivity index (χ1n) is 11.8. The van der Waals surface area contributed by atoms with Crippen LogP contribution < -0.4 is 0 Å². The van der Waals surface area contributed by atoms with Gasteiger partial charge in [-0.3, -0.25) is 0 Å². The number of para-hydroxylation sites is 1. The third-order valence-electron chi connectivity index (χ3n) is 6.22. The van der Waals surface area contributed by atoms with E-state index >= 15 is 0 Å². The second-order valence-corrected chi connectivity index (χ2v) is 10.7. The summed E-state index contributed by atoms with van der Waals surface area (Å²) in [6.07, 6.45) is 5.05. The lowest BCUT2D eigenvalue weighted by Gasteiger charge is -2.30. The van der Waals surface area contributed by atoms with Gasteiger partial charge in [0.25, 0.3) is 0 Å². The Bertz CT molecular complexity index is 1470. The van der Waals surface area contributed by atoms with Crippen molar-refractivity contribution in [3.63, 3.8) is 0 Å². The van der Waals surface area contributed by atoms with E-state index in [2.05, 4.69) is 35.3 Å². The molecule has 0 bridgehead atoms. The minimum atomic E-state index is -1.06. The monoisotopic (exact) mass is 551 g/mol. The largest absolute Gasteiger partial charge is 0.374 e. The topological polar surface area (TPSA) is 58.4 Å². The van der Waals surface area contributed by atoms with Crippen molar-refractivity contribution in [3.8, 4) is 10.6 Å². The number of nitrogens with zero attached hydrogens (tertiary/aromatic N) is 3. The molecule has 0 unspecified atom stereocenters. The molecule has 188 valence electrons. The Labute approximate surface area is 228 Å². The van der Waals surface area contributed by atoms with Gasteiger partial charge in [-0.15, -0.1) is 11.3 Å². The predicted octanol–water partition coefficient (Wildman–Crippen LogP) is 6.95. The minimum Gasteiger partial charge on any atom is -0.374 e. The van der Waals surface area contributed by atoms with Crippen LogP contribution in [0.1, 0.15) is 11.1 Å². The lowest BCUT2D eigenvalue weighted by atomic mass is 10.1. The van der Waals surface area contributed by atoms with Gasteiger partial charge < -0.3 is 18.8 Å². The van der Waals surface area contributed by atoms with Gasteiger partial charge in [0, 0.05) is 28.5 Å². The molecule has 6 rings (SSSR count). The number of rotatable bonds is 8. The second-order valence-electron chi connectivity index (χ2n) is 8.86. The second kappa shape index (κ2) is 10.5. The average molecular weight is 552 g/mol. The van der Waals surface area contributed by atoms with E-state index in [0.717, 1.165) is 27.2 Å². The predicted molar refractivity (Wildman–Crippen MR) is 146 cm³/mol. The summed E-state index contributed by atoms with van der Waals surface area (Å²) in [7, 11) is 0. The first kappa shape index (κ1) is 24.6. The van der Waals surface area contributed by atoms with Crippen LogP contribution in [0.5, 0.6) is 0 Å². The van der Waals surface area contributed by atoms with Crippen molar-refractivity contribution in [2.75, 3.05) is 13.2 Å². The van der Waals surface area contributed by atoms with E-state index in [4.69, 9.17) is 42.4 Å². The molecule has 3 heterocycles. The molecule has 6 nitrogen and oxygen atoms in total. The highest BCUT2D eigenvalue weighted by Gasteiger charge is 2.45. The summed E-state index contributed by atoms with van der Waals surface area (Å²) in [4.78, 5) is 8.87. The number of benzene rings is 3. The third-order valence-corrected chi connectivity index (χ3v) is 7.85. The van der Waals surface area contributed by atoms with E-state index in [0.29, 0.717) is 36.4 Å². The van der Waals surface area contributed by atoms with Crippen LogP contribution in [-0.2, 0) is 33.1 Å². The first-order valence-corrected chi connectivity index (χ1v) is 13.4. The number of ether oxygens (including phenoxy) is 3. The van der Waals surface area contributed by atoms with E-state index in [1.807, 2.05) is 35.0 Å². The van der Waals surface area contributed by atoms with Crippen LogP contribution in [0.4, 0.5) is 0 Å². The molecule has 1 aliphatic rings. The lowest BCUT2D eigenvalue weighted by molar-refractivity contribution is -0.191. The third kappa shape index (κ3) is 5.29. The van der Waals surface area contributed by atoms with Crippen LogP contribution in [0.15, 0.2) is 85.5 Å². The van der Waals surface area contributed by atoms with Crippen molar-refractivity contribution in [1.29, 1.82) is 0 Å². The van der Waals surface area contributed by atoms with Gasteiger partial charge in [0.05, 0.1) is 47.9 Å². The molecule has 3 aromatic carbocycles. The quantitative estimate of drug-likeness (QED) is 0.209. The Kier molecular flexibility index (Phi) is 6.99. The summed E-state index contributed by atoms with van der Waals surface area (Å²) < 4.78 is 21.8. The molecule has 1 aliphatic heterocycles. The molecule has 37 heavy (non-hydrogen) atoms. The molecule has 1 fully saturated rings. The maximum Gasteiger partial charge on any atom is 0.215 e. The maximum atomic E-state index is 6.55. The zero-order valence-electron chi connectivity index (χ0n) is 19.7. The van der Waals surface area contributed by atoms with Crippen molar-refractivity contribution in [2.45, 2.75) is 25.0 Å². The molecule has 1 saturated heterocycles. The maximum absolute atomic E-state index is 6.55. The van der Waals surface area contributed by atoms with Gasteiger partial charge in [-0.2, -0.15) is 0 Å². The van der Waals surface area contributed by atoms with Gasteiger partial charge in [0.2, 0.25) is 5.79 Å². The number of aromatic nitrogens is 3. The van der Waals surface area contributed by atoms with E-state index in [9.17, 15) is 0 Å². The Morgan fingerprint density at radius 1 is 1.08 bits per heavy atom. The summed E-state index contributed by atoms with van der Waals surface area (Å²) in [6.45, 7) is 1.63. The van der Waals surface area contributed by atoms with E-state index in [1.54, 1.807) is 36.0 Å². The Morgan fingerprint density at radius 3 is 2.73 bits per heavy atom. The summed E-state index contributed by atoms with van der Waals surface area (Å²) >= 11 is 14.4. The molecule has 0 N–H and O–H groups in total. The van der Waals surface area contributed by atoms with Crippen molar-refractivity contribution < 1.29 is 14.2 Å². The Hall–Kier alpha value is -2.78. The highest BCUT2D eigenvalue weighted by molar-refractivity contribution is 7.21. The van der Waals surface area contributed by atoms with Gasteiger partial charge in [0.15, 0.2) is 0 Å². The number of thiazole rings is 1. The fraction of sp³-hybridized carbons (Fsp3) is 0.214. The molecule has 9 heteroatoms. The molecule has 0 radical (unpaired) electrons. The average Bonchev–Trinajstić information content (AvgIpc) is 3.65. The van der Waals surface area contributed by atoms with Crippen LogP contribution in [0.25, 0.3) is 20.8 Å². The molecule has 5 aromatic rings. The Balaban J connectivity index is 1.10. The summed E-state index contributed by atoms with van der Waals surface area (Å²) in [5.41, 5.74) is 3.92. The normalized spacial score (nSPS) is 19.6. The van der Waals surface area contributed by atoms with Crippen molar-refractivity contribution >= 4 is 44.8 Å². The fourth-order valence-electron chi connectivity index (χ4n) is 4.42. The number of halogens is 2. The number of hydrogen-bond acceptors (Lipinski definition) is 6. The molecule has 0 spiro atoms. The van der Waals surface area contributed by atoms with Crippen LogP contribution in [0.3, 0.4) is 0 Å². The van der Waals surface area contributed by atoms with Gasteiger partial charge in [0.1, 0.15) is 11.1 Å². The Morgan fingerprint density at radius 2 is 1.95 bits per heavy atom. The molecule has 0 aliphatic carbocycles. The van der Waals surface area contributed by atoms with Crippen molar-refractivity contribution in [1.82, 2.24) is 14.5 Å². The SMILES string of the molecule is Clc1ccc([C@]2(Cn3ccnc3)OC[C@@H](COCc3ccc(-c4nc5ccccc5s4)cc3)O2)c(Cl)c1.